The van der Waals surface area contributed by atoms with Crippen LogP contribution in [0.2, 0.25) is 0 Å². The van der Waals surface area contributed by atoms with Crippen molar-refractivity contribution >= 4 is 17.9 Å². The van der Waals surface area contributed by atoms with Crippen molar-refractivity contribution in [2.75, 3.05) is 24.6 Å². The Bertz CT molecular complexity index is 1240. The third-order valence-electron chi connectivity index (χ3n) is 5.08. The fraction of sp³-hybridized carbons (Fsp3) is 0.391. The molecule has 1 fully saturated rings. The van der Waals surface area contributed by atoms with Crippen molar-refractivity contribution in [3.8, 4) is 22.6 Å². The molecule has 1 aliphatic heterocycles. The quantitative estimate of drug-likeness (QED) is 0.500. The van der Waals surface area contributed by atoms with Gasteiger partial charge in [0.1, 0.15) is 23.2 Å². The molecule has 3 aromatic rings. The molecule has 3 heterocycles. The van der Waals surface area contributed by atoms with Gasteiger partial charge in [-0.3, -0.25) is 9.88 Å². The van der Waals surface area contributed by atoms with Gasteiger partial charge in [0.05, 0.1) is 25.4 Å². The summed E-state index contributed by atoms with van der Waals surface area (Å²) in [5.74, 6) is -0.260. The van der Waals surface area contributed by atoms with E-state index in [0.717, 1.165) is 0 Å². The molecule has 36 heavy (non-hydrogen) atoms. The highest BCUT2D eigenvalue weighted by molar-refractivity contribution is 5.90. The maximum atomic E-state index is 14.9. The van der Waals surface area contributed by atoms with E-state index in [4.69, 9.17) is 9.47 Å². The van der Waals surface area contributed by atoms with Gasteiger partial charge in [0.25, 0.3) is 0 Å². The van der Waals surface area contributed by atoms with E-state index >= 15 is 0 Å². The number of pyridine rings is 1. The lowest BCUT2D eigenvalue weighted by Crippen LogP contribution is -2.34. The molecule has 190 valence electrons. The van der Waals surface area contributed by atoms with Gasteiger partial charge in [-0.2, -0.15) is 4.80 Å². The normalized spacial score (nSPS) is 15.6. The Hall–Kier alpha value is -4.13. The second kappa shape index (κ2) is 10.2. The van der Waals surface area contributed by atoms with E-state index in [1.807, 2.05) is 0 Å². The largest absolute Gasteiger partial charge is 0.444 e. The molecule has 12 nitrogen and oxygen atoms in total. The molecular weight excluding hydrogens is 473 g/mol. The SMILES string of the molecule is CC(C)(C)OC(=O)NCCn1nnc(-c2ccc(-c3ccc(N4C[C@H](CO)OC4=O)cc3F)cn2)n1. The first-order valence-corrected chi connectivity index (χ1v) is 11.2. The van der Waals surface area contributed by atoms with Crippen LogP contribution in [-0.2, 0) is 16.0 Å². The zero-order valence-corrected chi connectivity index (χ0v) is 20.0. The molecule has 4 rings (SSSR count). The number of tetrazole rings is 1. The Labute approximate surface area is 206 Å². The maximum absolute atomic E-state index is 14.9. The van der Waals surface area contributed by atoms with Gasteiger partial charge in [-0.15, -0.1) is 10.2 Å². The number of anilines is 1. The van der Waals surface area contributed by atoms with Crippen LogP contribution in [0.15, 0.2) is 36.5 Å². The van der Waals surface area contributed by atoms with Gasteiger partial charge in [-0.1, -0.05) is 6.07 Å². The van der Waals surface area contributed by atoms with Crippen molar-refractivity contribution in [3.63, 3.8) is 0 Å². The lowest BCUT2D eigenvalue weighted by molar-refractivity contribution is 0.0525. The molecule has 0 radical (unpaired) electrons. The Morgan fingerprint density at radius 1 is 1.31 bits per heavy atom. The number of alkyl carbamates (subject to hydrolysis) is 1. The van der Waals surface area contributed by atoms with E-state index in [1.54, 1.807) is 45.0 Å². The molecule has 0 saturated carbocycles. The number of aliphatic hydroxyl groups is 1. The molecule has 2 N–H and O–H groups in total. The third kappa shape index (κ3) is 5.92. The molecule has 2 aromatic heterocycles. The standard InChI is InChI=1S/C23H26FN7O5/c1-23(2,3)36-21(33)25-8-9-31-28-20(27-29-31)19-7-4-14(11-26-19)17-6-5-15(10-18(17)24)30-12-16(13-32)35-22(30)34/h4-7,10-11,16,32H,8-9,12-13H2,1-3H3,(H,25,33)/t16-/m1/s1. The van der Waals surface area contributed by atoms with Crippen molar-refractivity contribution in [1.29, 1.82) is 0 Å². The van der Waals surface area contributed by atoms with Crippen molar-refractivity contribution in [2.45, 2.75) is 39.0 Å². The Morgan fingerprint density at radius 3 is 2.75 bits per heavy atom. The van der Waals surface area contributed by atoms with Crippen LogP contribution in [-0.4, -0.2) is 73.9 Å². The monoisotopic (exact) mass is 499 g/mol. The number of nitrogens with one attached hydrogen (secondary N) is 1. The summed E-state index contributed by atoms with van der Waals surface area (Å²) in [4.78, 5) is 30.6. The second-order valence-electron chi connectivity index (χ2n) is 9.03. The Morgan fingerprint density at radius 2 is 2.11 bits per heavy atom. The maximum Gasteiger partial charge on any atom is 0.414 e. The number of nitrogens with zero attached hydrogens (tertiary/aromatic N) is 6. The first-order valence-electron chi connectivity index (χ1n) is 11.2. The van der Waals surface area contributed by atoms with Crippen molar-refractivity contribution < 1.29 is 28.6 Å². The number of aliphatic hydroxyl groups excluding tert-OH is 1. The van der Waals surface area contributed by atoms with Gasteiger partial charge in [0.15, 0.2) is 0 Å². The molecule has 13 heteroatoms. The number of aromatic nitrogens is 5. The molecule has 0 aliphatic carbocycles. The molecule has 1 aromatic carbocycles. The van der Waals surface area contributed by atoms with E-state index in [9.17, 15) is 19.1 Å². The minimum Gasteiger partial charge on any atom is -0.444 e. The molecule has 0 unspecified atom stereocenters. The van der Waals surface area contributed by atoms with Crippen LogP contribution < -0.4 is 10.2 Å². The van der Waals surface area contributed by atoms with Crippen LogP contribution in [0.1, 0.15) is 20.8 Å². The molecule has 0 bridgehead atoms. The summed E-state index contributed by atoms with van der Waals surface area (Å²) in [6.07, 6.45) is -0.308. The number of amides is 2. The van der Waals surface area contributed by atoms with Gasteiger partial charge in [0.2, 0.25) is 5.82 Å². The fourth-order valence-electron chi connectivity index (χ4n) is 3.43. The van der Waals surface area contributed by atoms with E-state index < -0.39 is 29.7 Å². The van der Waals surface area contributed by atoms with Crippen LogP contribution in [0, 0.1) is 5.82 Å². The average molecular weight is 500 g/mol. The minimum absolute atomic E-state index is 0.148. The lowest BCUT2D eigenvalue weighted by Gasteiger charge is -2.19. The van der Waals surface area contributed by atoms with Gasteiger partial charge in [-0.05, 0) is 50.3 Å². The van der Waals surface area contributed by atoms with E-state index in [0.29, 0.717) is 22.5 Å². The highest BCUT2D eigenvalue weighted by Crippen LogP contribution is 2.29. The highest BCUT2D eigenvalue weighted by atomic mass is 19.1. The van der Waals surface area contributed by atoms with Crippen molar-refractivity contribution in [1.82, 2.24) is 30.5 Å². The molecule has 2 amide bonds. The zero-order chi connectivity index (χ0) is 25.9. The molecule has 1 aliphatic rings. The fourth-order valence-corrected chi connectivity index (χ4v) is 3.43. The Kier molecular flexibility index (Phi) is 7.10. The lowest BCUT2D eigenvalue weighted by atomic mass is 10.1. The van der Waals surface area contributed by atoms with Crippen LogP contribution in [0.25, 0.3) is 22.6 Å². The van der Waals surface area contributed by atoms with Crippen molar-refractivity contribution in [3.05, 3.63) is 42.3 Å². The number of carbonyl (C=O) groups excluding carboxylic acids is 2. The summed E-state index contributed by atoms with van der Waals surface area (Å²) in [5.41, 5.74) is 1.01. The number of carbonyl (C=O) groups is 2. The molecule has 1 atom stereocenters. The number of ether oxygens (including phenoxy) is 2. The number of rotatable bonds is 7. The highest BCUT2D eigenvalue weighted by Gasteiger charge is 2.32. The van der Waals surface area contributed by atoms with Gasteiger partial charge in [-0.25, -0.2) is 14.0 Å². The van der Waals surface area contributed by atoms with Gasteiger partial charge >= 0.3 is 12.2 Å². The minimum atomic E-state index is -0.634. The zero-order valence-electron chi connectivity index (χ0n) is 20.0. The van der Waals surface area contributed by atoms with E-state index in [1.165, 1.54) is 22.0 Å². The molecular formula is C23H26FN7O5. The van der Waals surface area contributed by atoms with Crippen LogP contribution in [0.5, 0.6) is 0 Å². The van der Waals surface area contributed by atoms with Gasteiger partial charge in [0, 0.05) is 23.9 Å². The topological polar surface area (TPSA) is 145 Å². The Balaban J connectivity index is 1.38. The summed E-state index contributed by atoms with van der Waals surface area (Å²) < 4.78 is 25.0. The first-order chi connectivity index (χ1) is 17.1. The average Bonchev–Trinajstić information content (AvgIpc) is 3.44. The summed E-state index contributed by atoms with van der Waals surface area (Å²) in [5, 5.41) is 24.0. The summed E-state index contributed by atoms with van der Waals surface area (Å²) >= 11 is 0. The predicted octanol–water partition coefficient (Wildman–Crippen LogP) is 2.38. The number of hydrogen-bond donors (Lipinski definition) is 2. The number of hydrogen-bond acceptors (Lipinski definition) is 9. The third-order valence-corrected chi connectivity index (χ3v) is 5.08. The van der Waals surface area contributed by atoms with E-state index in [2.05, 4.69) is 25.7 Å². The van der Waals surface area contributed by atoms with Crippen LogP contribution >= 0.6 is 0 Å². The second-order valence-corrected chi connectivity index (χ2v) is 9.03. The molecule has 1 saturated heterocycles. The summed E-state index contributed by atoms with van der Waals surface area (Å²) in [7, 11) is 0. The summed E-state index contributed by atoms with van der Waals surface area (Å²) in [6.45, 7) is 5.72. The van der Waals surface area contributed by atoms with E-state index in [-0.39, 0.29) is 32.1 Å². The predicted molar refractivity (Wildman–Crippen MR) is 125 cm³/mol. The molecule has 0 spiro atoms. The number of halogens is 1. The van der Waals surface area contributed by atoms with Gasteiger partial charge < -0.3 is 19.9 Å². The smallest absolute Gasteiger partial charge is 0.414 e. The van der Waals surface area contributed by atoms with Crippen molar-refractivity contribution in [2.24, 2.45) is 0 Å². The number of cyclic esters (lactones) is 1. The number of benzene rings is 1. The first kappa shape index (κ1) is 25.0. The van der Waals surface area contributed by atoms with Crippen LogP contribution in [0.4, 0.5) is 19.7 Å². The van der Waals surface area contributed by atoms with Crippen LogP contribution in [0.3, 0.4) is 0 Å². The summed E-state index contributed by atoms with van der Waals surface area (Å²) in [6, 6.07) is 7.71.